The average molecular weight is 330 g/mol. The molecule has 0 saturated heterocycles. The molecular weight excluding hydrogens is 311 g/mol. The van der Waals surface area contributed by atoms with E-state index in [0.717, 1.165) is 12.8 Å². The maximum absolute atomic E-state index is 13.7. The summed E-state index contributed by atoms with van der Waals surface area (Å²) in [4.78, 5) is 25.0. The second-order valence-corrected chi connectivity index (χ2v) is 5.85. The number of aromatic nitrogens is 1. The Morgan fingerprint density at radius 2 is 2.12 bits per heavy atom. The van der Waals surface area contributed by atoms with Crippen LogP contribution < -0.4 is 15.6 Å². The van der Waals surface area contributed by atoms with Gasteiger partial charge < -0.3 is 14.6 Å². The molecule has 3 rings (SSSR count). The Balaban J connectivity index is 2.06. The smallest absolute Gasteiger partial charge is 0.261 e. The van der Waals surface area contributed by atoms with Gasteiger partial charge in [0.2, 0.25) is 0 Å². The monoisotopic (exact) mass is 330 g/mol. The van der Waals surface area contributed by atoms with E-state index in [2.05, 4.69) is 5.32 Å². The molecule has 0 atom stereocenters. The highest BCUT2D eigenvalue weighted by atomic mass is 19.1. The summed E-state index contributed by atoms with van der Waals surface area (Å²) in [5, 5.41) is 2.74. The maximum atomic E-state index is 13.7. The number of carbonyl (C=O) groups is 1. The van der Waals surface area contributed by atoms with Crippen molar-refractivity contribution < 1.29 is 13.9 Å². The highest BCUT2D eigenvalue weighted by Gasteiger charge is 2.24. The number of benzene rings is 1. The Bertz CT molecular complexity index is 858. The molecule has 1 aliphatic heterocycles. The number of rotatable bonds is 3. The predicted octanol–water partition coefficient (Wildman–Crippen LogP) is 2.89. The minimum absolute atomic E-state index is 0.167. The molecular formula is C18H19FN2O3. The van der Waals surface area contributed by atoms with Crippen molar-refractivity contribution in [1.29, 1.82) is 0 Å². The van der Waals surface area contributed by atoms with E-state index in [1.165, 1.54) is 19.2 Å². The van der Waals surface area contributed by atoms with Crippen LogP contribution in [0, 0.1) is 12.7 Å². The zero-order chi connectivity index (χ0) is 17.3. The van der Waals surface area contributed by atoms with Crippen molar-refractivity contribution in [3.8, 4) is 5.75 Å². The molecule has 1 amide bonds. The van der Waals surface area contributed by atoms with Gasteiger partial charge in [-0.2, -0.15) is 0 Å². The standard InChI is InChI=1S/C18H19FN2O3/c1-11-12(19)6-5-7-13(11)20-18(23)17-14-8-3-4-9-21(14)16(22)10-15(17)24-2/h5-7,10H,3-4,8-9H2,1-2H3,(H,20,23). The first-order chi connectivity index (χ1) is 11.5. The van der Waals surface area contributed by atoms with Gasteiger partial charge in [-0.1, -0.05) is 6.07 Å². The zero-order valence-electron chi connectivity index (χ0n) is 13.7. The molecule has 0 fully saturated rings. The second-order valence-electron chi connectivity index (χ2n) is 5.85. The number of fused-ring (bicyclic) bond motifs is 1. The van der Waals surface area contributed by atoms with Crippen molar-refractivity contribution in [3.63, 3.8) is 0 Å². The van der Waals surface area contributed by atoms with Gasteiger partial charge in [-0.15, -0.1) is 0 Å². The molecule has 5 nitrogen and oxygen atoms in total. The number of carbonyl (C=O) groups excluding carboxylic acids is 1. The van der Waals surface area contributed by atoms with E-state index in [1.807, 2.05) is 0 Å². The quantitative estimate of drug-likeness (QED) is 0.941. The Hall–Kier alpha value is -2.63. The molecule has 0 radical (unpaired) electrons. The summed E-state index contributed by atoms with van der Waals surface area (Å²) in [5.41, 5.74) is 1.63. The largest absolute Gasteiger partial charge is 0.496 e. The number of pyridine rings is 1. The normalized spacial score (nSPS) is 13.3. The van der Waals surface area contributed by atoms with Crippen LogP contribution in [0.5, 0.6) is 5.75 Å². The van der Waals surface area contributed by atoms with E-state index in [4.69, 9.17) is 4.74 Å². The first-order valence-corrected chi connectivity index (χ1v) is 7.90. The summed E-state index contributed by atoms with van der Waals surface area (Å²) in [6.45, 7) is 2.20. The van der Waals surface area contributed by atoms with E-state index >= 15 is 0 Å². The third kappa shape index (κ3) is 2.79. The van der Waals surface area contributed by atoms with Crippen molar-refractivity contribution in [2.75, 3.05) is 12.4 Å². The highest BCUT2D eigenvalue weighted by Crippen LogP contribution is 2.27. The first kappa shape index (κ1) is 16.2. The Labute approximate surface area is 139 Å². The number of halogens is 1. The van der Waals surface area contributed by atoms with Gasteiger partial charge in [-0.3, -0.25) is 9.59 Å². The van der Waals surface area contributed by atoms with Crippen LogP contribution in [0.3, 0.4) is 0 Å². The summed E-state index contributed by atoms with van der Waals surface area (Å²) >= 11 is 0. The number of nitrogens with one attached hydrogen (secondary N) is 1. The van der Waals surface area contributed by atoms with E-state index in [9.17, 15) is 14.0 Å². The van der Waals surface area contributed by atoms with Crippen molar-refractivity contribution in [2.24, 2.45) is 0 Å². The summed E-state index contributed by atoms with van der Waals surface area (Å²) in [5.74, 6) is -0.531. The molecule has 1 aromatic heterocycles. The lowest BCUT2D eigenvalue weighted by Crippen LogP contribution is -2.30. The lowest BCUT2D eigenvalue weighted by Gasteiger charge is -2.23. The van der Waals surface area contributed by atoms with Crippen LogP contribution in [0.25, 0.3) is 0 Å². The van der Waals surface area contributed by atoms with Crippen LogP contribution in [0.2, 0.25) is 0 Å². The third-order valence-electron chi connectivity index (χ3n) is 4.39. The van der Waals surface area contributed by atoms with E-state index in [-0.39, 0.29) is 17.1 Å². The number of amides is 1. The van der Waals surface area contributed by atoms with E-state index < -0.39 is 5.91 Å². The molecule has 2 heterocycles. The van der Waals surface area contributed by atoms with Gasteiger partial charge in [0.25, 0.3) is 11.5 Å². The topological polar surface area (TPSA) is 60.3 Å². The number of ether oxygens (including phenoxy) is 1. The lowest BCUT2D eigenvalue weighted by molar-refractivity contribution is 0.102. The second kappa shape index (κ2) is 6.47. The SMILES string of the molecule is COc1cc(=O)n2c(c1C(=O)Nc1cccc(F)c1C)CCCC2. The highest BCUT2D eigenvalue weighted by molar-refractivity contribution is 6.07. The van der Waals surface area contributed by atoms with Gasteiger partial charge in [0.05, 0.1) is 7.11 Å². The van der Waals surface area contributed by atoms with Crippen LogP contribution in [0.1, 0.15) is 34.5 Å². The van der Waals surface area contributed by atoms with Crippen LogP contribution in [-0.4, -0.2) is 17.6 Å². The van der Waals surface area contributed by atoms with Crippen molar-refractivity contribution >= 4 is 11.6 Å². The molecule has 6 heteroatoms. The molecule has 1 N–H and O–H groups in total. The fraction of sp³-hybridized carbons (Fsp3) is 0.333. The van der Waals surface area contributed by atoms with Gasteiger partial charge >= 0.3 is 0 Å². The van der Waals surface area contributed by atoms with Gasteiger partial charge in [0.1, 0.15) is 17.1 Å². The predicted molar refractivity (Wildman–Crippen MR) is 89.3 cm³/mol. The summed E-state index contributed by atoms with van der Waals surface area (Å²) in [7, 11) is 1.43. The maximum Gasteiger partial charge on any atom is 0.261 e. The molecule has 24 heavy (non-hydrogen) atoms. The molecule has 126 valence electrons. The molecule has 0 saturated carbocycles. The fourth-order valence-corrected chi connectivity index (χ4v) is 3.07. The fourth-order valence-electron chi connectivity index (χ4n) is 3.07. The Morgan fingerprint density at radius 3 is 2.88 bits per heavy atom. The van der Waals surface area contributed by atoms with E-state index in [0.29, 0.717) is 35.5 Å². The number of nitrogens with zero attached hydrogens (tertiary/aromatic N) is 1. The van der Waals surface area contributed by atoms with Crippen molar-refractivity contribution in [2.45, 2.75) is 32.7 Å². The lowest BCUT2D eigenvalue weighted by atomic mass is 10.0. The average Bonchev–Trinajstić information content (AvgIpc) is 2.58. The number of anilines is 1. The van der Waals surface area contributed by atoms with E-state index in [1.54, 1.807) is 23.6 Å². The zero-order valence-corrected chi connectivity index (χ0v) is 13.7. The minimum Gasteiger partial charge on any atom is -0.496 e. The van der Waals surface area contributed by atoms with Gasteiger partial charge in [-0.05, 0) is 38.3 Å². The third-order valence-corrected chi connectivity index (χ3v) is 4.39. The van der Waals surface area contributed by atoms with Crippen LogP contribution >= 0.6 is 0 Å². The summed E-state index contributed by atoms with van der Waals surface area (Å²) in [6.07, 6.45) is 2.45. The van der Waals surface area contributed by atoms with Crippen LogP contribution in [-0.2, 0) is 13.0 Å². The number of hydrogen-bond donors (Lipinski definition) is 1. The molecule has 0 bridgehead atoms. The Kier molecular flexibility index (Phi) is 4.38. The number of methoxy groups -OCH3 is 1. The molecule has 1 aliphatic rings. The molecule has 0 unspecified atom stereocenters. The van der Waals surface area contributed by atoms with Crippen molar-refractivity contribution in [1.82, 2.24) is 4.57 Å². The number of hydrogen-bond acceptors (Lipinski definition) is 3. The molecule has 0 spiro atoms. The summed E-state index contributed by atoms with van der Waals surface area (Å²) in [6, 6.07) is 5.86. The van der Waals surface area contributed by atoms with Gasteiger partial charge in [-0.25, -0.2) is 4.39 Å². The van der Waals surface area contributed by atoms with Crippen LogP contribution in [0.4, 0.5) is 10.1 Å². The van der Waals surface area contributed by atoms with Crippen molar-refractivity contribution in [3.05, 3.63) is 57.3 Å². The molecule has 2 aromatic rings. The Morgan fingerprint density at radius 1 is 1.33 bits per heavy atom. The molecule has 0 aliphatic carbocycles. The molecule has 1 aromatic carbocycles. The van der Waals surface area contributed by atoms with Gasteiger partial charge in [0, 0.05) is 29.6 Å². The van der Waals surface area contributed by atoms with Gasteiger partial charge in [0.15, 0.2) is 0 Å². The first-order valence-electron chi connectivity index (χ1n) is 7.90. The summed E-state index contributed by atoms with van der Waals surface area (Å²) < 4.78 is 20.6. The minimum atomic E-state index is -0.397. The van der Waals surface area contributed by atoms with Crippen LogP contribution in [0.15, 0.2) is 29.1 Å².